The van der Waals surface area contributed by atoms with Gasteiger partial charge < -0.3 is 9.88 Å². The van der Waals surface area contributed by atoms with Gasteiger partial charge in [-0.2, -0.15) is 0 Å². The van der Waals surface area contributed by atoms with Crippen LogP contribution < -0.4 is 4.72 Å². The van der Waals surface area contributed by atoms with Gasteiger partial charge in [0.05, 0.1) is 11.8 Å². The van der Waals surface area contributed by atoms with Crippen molar-refractivity contribution in [2.24, 2.45) is 0 Å². The minimum Gasteiger partial charge on any atom is -0.367 e. The standard InChI is InChI=1S/C17H21N3O3S/c1-24(22,23)19-15-7-8-20(12-15)17(21)16-11-18-10-14(16)9-13-5-3-2-4-6-13/h2-6,10-11,15,18-19H,7-9,12H2,1H3. The highest BCUT2D eigenvalue weighted by Crippen LogP contribution is 2.19. The molecule has 0 aliphatic carbocycles. The van der Waals surface area contributed by atoms with Crippen LogP contribution in [0.25, 0.3) is 0 Å². The third-order valence-electron chi connectivity index (χ3n) is 4.16. The van der Waals surface area contributed by atoms with E-state index in [-0.39, 0.29) is 11.9 Å². The number of hydrogen-bond donors (Lipinski definition) is 2. The first-order valence-corrected chi connectivity index (χ1v) is 9.77. The Bertz CT molecular complexity index is 815. The van der Waals surface area contributed by atoms with E-state index >= 15 is 0 Å². The number of nitrogens with zero attached hydrogens (tertiary/aromatic N) is 1. The Balaban J connectivity index is 1.69. The van der Waals surface area contributed by atoms with Crippen LogP contribution in [0.1, 0.15) is 27.9 Å². The third-order valence-corrected chi connectivity index (χ3v) is 4.92. The normalized spacial score (nSPS) is 18.0. The topological polar surface area (TPSA) is 82.3 Å². The molecular formula is C17H21N3O3S. The maximum atomic E-state index is 12.8. The monoisotopic (exact) mass is 347 g/mol. The number of carbonyl (C=O) groups is 1. The van der Waals surface area contributed by atoms with Crippen molar-refractivity contribution < 1.29 is 13.2 Å². The van der Waals surface area contributed by atoms with E-state index in [9.17, 15) is 13.2 Å². The molecule has 0 bridgehead atoms. The van der Waals surface area contributed by atoms with E-state index in [2.05, 4.69) is 9.71 Å². The Kier molecular flexibility index (Phi) is 4.73. The van der Waals surface area contributed by atoms with E-state index in [0.29, 0.717) is 31.5 Å². The highest BCUT2D eigenvalue weighted by Gasteiger charge is 2.29. The molecule has 24 heavy (non-hydrogen) atoms. The molecule has 1 amide bonds. The van der Waals surface area contributed by atoms with Gasteiger partial charge in [-0.15, -0.1) is 0 Å². The predicted molar refractivity (Wildman–Crippen MR) is 92.3 cm³/mol. The molecular weight excluding hydrogens is 326 g/mol. The number of aromatic nitrogens is 1. The van der Waals surface area contributed by atoms with Crippen molar-refractivity contribution in [1.82, 2.24) is 14.6 Å². The van der Waals surface area contributed by atoms with Crippen LogP contribution in [-0.4, -0.2) is 49.6 Å². The number of amides is 1. The van der Waals surface area contributed by atoms with Crippen molar-refractivity contribution >= 4 is 15.9 Å². The number of likely N-dealkylation sites (tertiary alicyclic amines) is 1. The smallest absolute Gasteiger partial charge is 0.255 e. The molecule has 7 heteroatoms. The largest absolute Gasteiger partial charge is 0.367 e. The van der Waals surface area contributed by atoms with Gasteiger partial charge in [-0.05, 0) is 24.0 Å². The van der Waals surface area contributed by atoms with E-state index in [1.54, 1.807) is 11.1 Å². The quantitative estimate of drug-likeness (QED) is 0.857. The van der Waals surface area contributed by atoms with Crippen molar-refractivity contribution in [3.05, 3.63) is 59.4 Å². The molecule has 1 fully saturated rings. The summed E-state index contributed by atoms with van der Waals surface area (Å²) >= 11 is 0. The van der Waals surface area contributed by atoms with Crippen molar-refractivity contribution in [3.8, 4) is 0 Å². The van der Waals surface area contributed by atoms with Crippen LogP contribution in [-0.2, 0) is 16.4 Å². The average molecular weight is 347 g/mol. The molecule has 3 rings (SSSR count). The Morgan fingerprint density at radius 3 is 2.75 bits per heavy atom. The van der Waals surface area contributed by atoms with Gasteiger partial charge in [-0.25, -0.2) is 13.1 Å². The number of rotatable bonds is 5. The van der Waals surface area contributed by atoms with Crippen molar-refractivity contribution in [2.45, 2.75) is 18.9 Å². The maximum absolute atomic E-state index is 12.8. The number of aromatic amines is 1. The zero-order chi connectivity index (χ0) is 17.2. The van der Waals surface area contributed by atoms with Crippen molar-refractivity contribution in [3.63, 3.8) is 0 Å². The van der Waals surface area contributed by atoms with Crippen LogP contribution in [0.4, 0.5) is 0 Å². The first kappa shape index (κ1) is 16.7. The molecule has 2 N–H and O–H groups in total. The fraction of sp³-hybridized carbons (Fsp3) is 0.353. The molecule has 2 heterocycles. The van der Waals surface area contributed by atoms with Gasteiger partial charge in [-0.3, -0.25) is 4.79 Å². The Morgan fingerprint density at radius 1 is 1.29 bits per heavy atom. The molecule has 0 saturated carbocycles. The molecule has 1 aliphatic heterocycles. The molecule has 1 aromatic heterocycles. The zero-order valence-electron chi connectivity index (χ0n) is 13.5. The second-order valence-electron chi connectivity index (χ2n) is 6.18. The number of H-pyrrole nitrogens is 1. The van der Waals surface area contributed by atoms with Crippen LogP contribution in [0, 0.1) is 0 Å². The highest BCUT2D eigenvalue weighted by molar-refractivity contribution is 7.88. The Labute approximate surface area is 141 Å². The van der Waals surface area contributed by atoms with Crippen LogP contribution in [0.2, 0.25) is 0 Å². The van der Waals surface area contributed by atoms with Gasteiger partial charge >= 0.3 is 0 Å². The number of nitrogens with one attached hydrogen (secondary N) is 2. The summed E-state index contributed by atoms with van der Waals surface area (Å²) in [6, 6.07) is 9.77. The van der Waals surface area contributed by atoms with Crippen LogP contribution in [0.15, 0.2) is 42.7 Å². The van der Waals surface area contributed by atoms with Crippen LogP contribution >= 0.6 is 0 Å². The molecule has 0 spiro atoms. The van der Waals surface area contributed by atoms with E-state index in [1.165, 1.54) is 0 Å². The Hall–Kier alpha value is -2.12. The number of sulfonamides is 1. The summed E-state index contributed by atoms with van der Waals surface area (Å²) in [6.45, 7) is 0.962. The minimum absolute atomic E-state index is 0.0556. The molecule has 1 saturated heterocycles. The lowest BCUT2D eigenvalue weighted by molar-refractivity contribution is 0.0789. The van der Waals surface area contributed by atoms with Crippen molar-refractivity contribution in [1.29, 1.82) is 0 Å². The van der Waals surface area contributed by atoms with Gasteiger partial charge in [0.1, 0.15) is 0 Å². The molecule has 6 nitrogen and oxygen atoms in total. The molecule has 0 radical (unpaired) electrons. The lowest BCUT2D eigenvalue weighted by Crippen LogP contribution is -2.38. The number of carbonyl (C=O) groups excluding carboxylic acids is 1. The Morgan fingerprint density at radius 2 is 2.04 bits per heavy atom. The summed E-state index contributed by atoms with van der Waals surface area (Å²) < 4.78 is 25.2. The number of hydrogen-bond acceptors (Lipinski definition) is 3. The minimum atomic E-state index is -3.25. The summed E-state index contributed by atoms with van der Waals surface area (Å²) in [5, 5.41) is 0. The second kappa shape index (κ2) is 6.78. The fourth-order valence-corrected chi connectivity index (χ4v) is 3.87. The summed E-state index contributed by atoms with van der Waals surface area (Å²) in [6.07, 6.45) is 6.03. The summed E-state index contributed by atoms with van der Waals surface area (Å²) in [7, 11) is -3.25. The van der Waals surface area contributed by atoms with E-state index in [0.717, 1.165) is 17.4 Å². The van der Waals surface area contributed by atoms with E-state index < -0.39 is 10.0 Å². The third kappa shape index (κ3) is 4.04. The predicted octanol–water partition coefficient (Wildman–Crippen LogP) is 1.37. The molecule has 1 unspecified atom stereocenters. The fourth-order valence-electron chi connectivity index (χ4n) is 3.07. The second-order valence-corrected chi connectivity index (χ2v) is 7.96. The van der Waals surface area contributed by atoms with Crippen LogP contribution in [0.3, 0.4) is 0 Å². The molecule has 2 aromatic rings. The number of benzene rings is 1. The molecule has 1 aromatic carbocycles. The van der Waals surface area contributed by atoms with Gasteiger partial charge in [0.2, 0.25) is 10.0 Å². The average Bonchev–Trinajstić information content (AvgIpc) is 3.15. The van der Waals surface area contributed by atoms with E-state index in [1.807, 2.05) is 36.5 Å². The van der Waals surface area contributed by atoms with Crippen molar-refractivity contribution in [2.75, 3.05) is 19.3 Å². The first-order chi connectivity index (χ1) is 11.4. The lowest BCUT2D eigenvalue weighted by atomic mass is 10.0. The van der Waals surface area contributed by atoms with Crippen LogP contribution in [0.5, 0.6) is 0 Å². The molecule has 1 atom stereocenters. The molecule has 1 aliphatic rings. The lowest BCUT2D eigenvalue weighted by Gasteiger charge is -2.17. The summed E-state index contributed by atoms with van der Waals surface area (Å²) in [5.74, 6) is -0.0556. The summed E-state index contributed by atoms with van der Waals surface area (Å²) in [4.78, 5) is 17.5. The van der Waals surface area contributed by atoms with Gasteiger partial charge in [0.15, 0.2) is 0 Å². The van der Waals surface area contributed by atoms with Gasteiger partial charge in [0, 0.05) is 31.5 Å². The van der Waals surface area contributed by atoms with E-state index in [4.69, 9.17) is 0 Å². The first-order valence-electron chi connectivity index (χ1n) is 7.88. The van der Waals surface area contributed by atoms with Gasteiger partial charge in [-0.1, -0.05) is 30.3 Å². The maximum Gasteiger partial charge on any atom is 0.255 e. The summed E-state index contributed by atoms with van der Waals surface area (Å²) in [5.41, 5.74) is 2.74. The molecule has 128 valence electrons. The highest BCUT2D eigenvalue weighted by atomic mass is 32.2. The SMILES string of the molecule is CS(=O)(=O)NC1CCN(C(=O)c2c[nH]cc2Cc2ccccc2)C1. The zero-order valence-corrected chi connectivity index (χ0v) is 14.3. The van der Waals surface area contributed by atoms with Gasteiger partial charge in [0.25, 0.3) is 5.91 Å².